The van der Waals surface area contributed by atoms with Crippen LogP contribution >= 0.6 is 23.4 Å². The van der Waals surface area contributed by atoms with Gasteiger partial charge in [0.05, 0.1) is 29.3 Å². The zero-order valence-electron chi connectivity index (χ0n) is 18.3. The third-order valence-electron chi connectivity index (χ3n) is 4.47. The molecule has 1 N–H and O–H groups in total. The maximum atomic E-state index is 12.9. The van der Waals surface area contributed by atoms with Gasteiger partial charge in [-0.15, -0.1) is 0 Å². The summed E-state index contributed by atoms with van der Waals surface area (Å²) in [5.41, 5.74) is 1.31. The SMILES string of the molecule is CCOc1ccc(N=C2S/C(=C/c3cc(Cl)c(OCC(=O)O)c(OC)c3)C(=O)N2CC)cc1. The Labute approximate surface area is 200 Å². The second-order valence-corrected chi connectivity index (χ2v) is 8.11. The van der Waals surface area contributed by atoms with Gasteiger partial charge in [-0.3, -0.25) is 9.69 Å². The number of ether oxygens (including phenoxy) is 3. The highest BCUT2D eigenvalue weighted by atomic mass is 35.5. The molecule has 0 saturated carbocycles. The molecule has 3 rings (SSSR count). The number of hydrogen-bond acceptors (Lipinski definition) is 7. The number of carboxylic acids is 1. The lowest BCUT2D eigenvalue weighted by Crippen LogP contribution is -2.28. The number of aliphatic carboxylic acids is 1. The van der Waals surface area contributed by atoms with Crippen molar-refractivity contribution in [1.82, 2.24) is 4.90 Å². The molecule has 0 bridgehead atoms. The second-order valence-electron chi connectivity index (χ2n) is 6.70. The predicted molar refractivity (Wildman–Crippen MR) is 129 cm³/mol. The zero-order valence-corrected chi connectivity index (χ0v) is 19.9. The topological polar surface area (TPSA) is 97.7 Å². The lowest BCUT2D eigenvalue weighted by molar-refractivity contribution is -0.139. The fraction of sp³-hybridized carbons (Fsp3) is 0.261. The normalized spacial score (nSPS) is 15.9. The third kappa shape index (κ3) is 6.00. The zero-order chi connectivity index (χ0) is 24.0. The van der Waals surface area contributed by atoms with Crippen molar-refractivity contribution in [3.63, 3.8) is 0 Å². The minimum absolute atomic E-state index is 0.127. The maximum absolute atomic E-state index is 12.9. The highest BCUT2D eigenvalue weighted by Crippen LogP contribution is 2.39. The van der Waals surface area contributed by atoms with Crippen LogP contribution in [0.15, 0.2) is 46.3 Å². The average Bonchev–Trinajstić information content (AvgIpc) is 3.07. The molecule has 0 aliphatic carbocycles. The van der Waals surface area contributed by atoms with E-state index in [9.17, 15) is 9.59 Å². The van der Waals surface area contributed by atoms with Crippen molar-refractivity contribution in [2.75, 3.05) is 26.9 Å². The number of hydrogen-bond donors (Lipinski definition) is 1. The molecule has 0 spiro atoms. The van der Waals surface area contributed by atoms with Crippen molar-refractivity contribution < 1.29 is 28.9 Å². The lowest BCUT2D eigenvalue weighted by Gasteiger charge is -2.12. The number of carboxylic acid groups (broad SMARTS) is 1. The molecule has 1 saturated heterocycles. The summed E-state index contributed by atoms with van der Waals surface area (Å²) in [6.45, 7) is 4.29. The molecule has 8 nitrogen and oxygen atoms in total. The van der Waals surface area contributed by atoms with Crippen molar-refractivity contribution in [1.29, 1.82) is 0 Å². The Morgan fingerprint density at radius 2 is 1.94 bits per heavy atom. The van der Waals surface area contributed by atoms with Gasteiger partial charge in [0.25, 0.3) is 5.91 Å². The van der Waals surface area contributed by atoms with Crippen LogP contribution in [-0.2, 0) is 9.59 Å². The number of carbonyl (C=O) groups excluding carboxylic acids is 1. The number of carbonyl (C=O) groups is 2. The Morgan fingerprint density at radius 1 is 1.21 bits per heavy atom. The predicted octanol–water partition coefficient (Wildman–Crippen LogP) is 4.83. The Kier molecular flexibility index (Phi) is 8.24. The number of halogens is 1. The molecule has 10 heteroatoms. The number of amides is 1. The molecule has 0 aromatic heterocycles. The third-order valence-corrected chi connectivity index (χ3v) is 5.75. The Balaban J connectivity index is 1.88. The van der Waals surface area contributed by atoms with Crippen LogP contribution in [0.25, 0.3) is 6.08 Å². The van der Waals surface area contributed by atoms with E-state index >= 15 is 0 Å². The van der Waals surface area contributed by atoms with Crippen LogP contribution < -0.4 is 14.2 Å². The first-order valence-corrected chi connectivity index (χ1v) is 11.3. The van der Waals surface area contributed by atoms with Crippen LogP contribution in [-0.4, -0.2) is 53.9 Å². The largest absolute Gasteiger partial charge is 0.494 e. The molecule has 1 aliphatic rings. The molecule has 1 amide bonds. The molecule has 1 fully saturated rings. The van der Waals surface area contributed by atoms with Crippen LogP contribution in [0.4, 0.5) is 5.69 Å². The van der Waals surface area contributed by atoms with Gasteiger partial charge in [-0.25, -0.2) is 9.79 Å². The highest BCUT2D eigenvalue weighted by Gasteiger charge is 2.32. The lowest BCUT2D eigenvalue weighted by atomic mass is 10.1. The van der Waals surface area contributed by atoms with Gasteiger partial charge in [0, 0.05) is 6.54 Å². The van der Waals surface area contributed by atoms with E-state index in [0.717, 1.165) is 5.75 Å². The van der Waals surface area contributed by atoms with E-state index in [1.54, 1.807) is 23.1 Å². The number of amidine groups is 1. The number of nitrogens with zero attached hydrogens (tertiary/aromatic N) is 2. The molecular weight excluding hydrogens is 468 g/mol. The summed E-state index contributed by atoms with van der Waals surface area (Å²) in [7, 11) is 1.42. The van der Waals surface area contributed by atoms with E-state index in [0.29, 0.717) is 34.5 Å². The van der Waals surface area contributed by atoms with Gasteiger partial charge < -0.3 is 19.3 Å². The van der Waals surface area contributed by atoms with Gasteiger partial charge >= 0.3 is 5.97 Å². The summed E-state index contributed by atoms with van der Waals surface area (Å²) in [5, 5.41) is 9.58. The monoisotopic (exact) mass is 490 g/mol. The number of likely N-dealkylation sites (N-methyl/N-ethyl adjacent to an activating group) is 1. The average molecular weight is 491 g/mol. The van der Waals surface area contributed by atoms with Crippen LogP contribution in [0.5, 0.6) is 17.2 Å². The second kappa shape index (κ2) is 11.1. The quantitative estimate of drug-likeness (QED) is 0.502. The molecule has 2 aromatic rings. The minimum atomic E-state index is -1.13. The Morgan fingerprint density at radius 3 is 2.55 bits per heavy atom. The molecule has 2 aromatic carbocycles. The summed E-state index contributed by atoms with van der Waals surface area (Å²) in [4.78, 5) is 30.4. The first kappa shape index (κ1) is 24.5. The standard InChI is InChI=1S/C23H23ClN2O6S/c1-4-26-22(29)19(33-23(26)25-15-6-8-16(9-7-15)31-5-2)12-14-10-17(24)21(18(11-14)30-3)32-13-20(27)28/h6-12H,4-5,13H2,1-3H3,(H,27,28)/b19-12+,25-23?. The van der Waals surface area contributed by atoms with E-state index in [4.69, 9.17) is 30.9 Å². The first-order chi connectivity index (χ1) is 15.9. The fourth-order valence-electron chi connectivity index (χ4n) is 3.01. The van der Waals surface area contributed by atoms with Crippen LogP contribution in [0, 0.1) is 0 Å². The summed E-state index contributed by atoms with van der Waals surface area (Å²) < 4.78 is 16.0. The van der Waals surface area contributed by atoms with Crippen LogP contribution in [0.2, 0.25) is 5.02 Å². The molecular formula is C23H23ClN2O6S. The van der Waals surface area contributed by atoms with Crippen LogP contribution in [0.1, 0.15) is 19.4 Å². The van der Waals surface area contributed by atoms with Crippen molar-refractivity contribution >= 4 is 52.2 Å². The van der Waals surface area contributed by atoms with Gasteiger partial charge in [-0.2, -0.15) is 0 Å². The number of thioether (sulfide) groups is 1. The smallest absolute Gasteiger partial charge is 0.341 e. The number of rotatable bonds is 9. The molecule has 1 heterocycles. The van der Waals surface area contributed by atoms with Crippen LogP contribution in [0.3, 0.4) is 0 Å². The highest BCUT2D eigenvalue weighted by molar-refractivity contribution is 8.18. The summed E-state index contributed by atoms with van der Waals surface area (Å²) >= 11 is 7.54. The number of benzene rings is 2. The van der Waals surface area contributed by atoms with E-state index < -0.39 is 12.6 Å². The molecule has 174 valence electrons. The van der Waals surface area contributed by atoms with E-state index in [1.807, 2.05) is 38.1 Å². The molecule has 33 heavy (non-hydrogen) atoms. The summed E-state index contributed by atoms with van der Waals surface area (Å²) in [5.74, 6) is -0.158. The van der Waals surface area contributed by atoms with Crippen molar-refractivity contribution in [3.05, 3.63) is 51.9 Å². The van der Waals surface area contributed by atoms with Gasteiger partial charge in [-0.1, -0.05) is 11.6 Å². The molecule has 0 unspecified atom stereocenters. The minimum Gasteiger partial charge on any atom is -0.494 e. The van der Waals surface area contributed by atoms with Gasteiger partial charge in [0.2, 0.25) is 0 Å². The van der Waals surface area contributed by atoms with E-state index in [2.05, 4.69) is 4.99 Å². The van der Waals surface area contributed by atoms with Crippen molar-refractivity contribution in [2.45, 2.75) is 13.8 Å². The summed E-state index contributed by atoms with van der Waals surface area (Å²) in [6.07, 6.45) is 1.69. The molecule has 0 radical (unpaired) electrons. The molecule has 1 aliphatic heterocycles. The summed E-state index contributed by atoms with van der Waals surface area (Å²) in [6, 6.07) is 10.5. The maximum Gasteiger partial charge on any atom is 0.341 e. The number of methoxy groups -OCH3 is 1. The first-order valence-electron chi connectivity index (χ1n) is 10.1. The Bertz CT molecular complexity index is 1100. The van der Waals surface area contributed by atoms with Gasteiger partial charge in [0.1, 0.15) is 5.75 Å². The van der Waals surface area contributed by atoms with Crippen molar-refractivity contribution in [2.24, 2.45) is 4.99 Å². The van der Waals surface area contributed by atoms with E-state index in [-0.39, 0.29) is 22.4 Å². The van der Waals surface area contributed by atoms with Crippen molar-refractivity contribution in [3.8, 4) is 17.2 Å². The van der Waals surface area contributed by atoms with Gasteiger partial charge in [-0.05, 0) is 73.6 Å². The Hall–Kier alpha value is -3.17. The fourth-order valence-corrected chi connectivity index (χ4v) is 4.35. The van der Waals surface area contributed by atoms with E-state index in [1.165, 1.54) is 18.9 Å². The number of aliphatic imine (C=N–C) groups is 1. The molecule has 0 atom stereocenters. The van der Waals surface area contributed by atoms with Gasteiger partial charge in [0.15, 0.2) is 23.3 Å².